The van der Waals surface area contributed by atoms with Crippen LogP contribution in [-0.2, 0) is 16.0 Å². The molecule has 0 aliphatic rings. The van der Waals surface area contributed by atoms with Gasteiger partial charge < -0.3 is 9.26 Å². The molecule has 1 atom stereocenters. The van der Waals surface area contributed by atoms with Crippen LogP contribution in [0.15, 0.2) is 4.52 Å². The molecule has 1 rings (SSSR count). The molecule has 108 valence electrons. The Bertz CT molecular complexity index is 429. The fraction of sp³-hybridized carbons (Fsp3) is 0.727. The quantitative estimate of drug-likeness (QED) is 0.775. The maximum Gasteiger partial charge on any atom is 0.396 e. The Morgan fingerprint density at radius 2 is 2.05 bits per heavy atom. The van der Waals surface area contributed by atoms with Gasteiger partial charge in [-0.3, -0.25) is 4.79 Å². The molecule has 1 aromatic heterocycles. The second-order valence-electron chi connectivity index (χ2n) is 4.31. The highest BCUT2D eigenvalue weighted by molar-refractivity contribution is 5.77. The van der Waals surface area contributed by atoms with E-state index in [2.05, 4.69) is 10.1 Å². The summed E-state index contributed by atoms with van der Waals surface area (Å²) < 4.78 is 46.1. The van der Waals surface area contributed by atoms with Gasteiger partial charge in [-0.15, -0.1) is 0 Å². The first kappa shape index (κ1) is 15.5. The lowest BCUT2D eigenvalue weighted by atomic mass is 9.96. The molecule has 0 aromatic carbocycles. The van der Waals surface area contributed by atoms with Crippen LogP contribution in [0.3, 0.4) is 0 Å². The number of carbonyl (C=O) groups excluding carboxylic acids is 1. The maximum absolute atomic E-state index is 12.2. The molecule has 0 N–H and O–H groups in total. The van der Waals surface area contributed by atoms with Crippen LogP contribution in [0.2, 0.25) is 0 Å². The Balaban J connectivity index is 2.90. The molecule has 5 nitrogen and oxygen atoms in total. The molecule has 1 heterocycles. The maximum atomic E-state index is 12.2. The Hall–Kier alpha value is -1.60. The summed E-state index contributed by atoms with van der Waals surface area (Å²) >= 11 is 0. The Kier molecular flexibility index (Phi) is 4.90. The number of hydrogen-bond acceptors (Lipinski definition) is 5. The first-order valence-electron chi connectivity index (χ1n) is 5.80. The zero-order valence-electron chi connectivity index (χ0n) is 10.8. The minimum atomic E-state index is -4.42. The lowest BCUT2D eigenvalue weighted by Gasteiger charge is -2.14. The van der Waals surface area contributed by atoms with Crippen LogP contribution in [0.4, 0.5) is 13.2 Å². The molecule has 0 spiro atoms. The predicted octanol–water partition coefficient (Wildman–Crippen LogP) is 2.48. The molecule has 19 heavy (non-hydrogen) atoms. The summed E-state index contributed by atoms with van der Waals surface area (Å²) in [5.41, 5.74) is 0. The summed E-state index contributed by atoms with van der Waals surface area (Å²) in [5.74, 6) is -2.29. The van der Waals surface area contributed by atoms with Crippen molar-refractivity contribution in [2.24, 2.45) is 5.92 Å². The van der Waals surface area contributed by atoms with E-state index in [0.29, 0.717) is 0 Å². The standard InChI is InChI=1S/C11H15F3N2O3/c1-4-18-10(17)8(6(2)3)9-15-7(16-19-9)5-11(12,13)14/h6,8H,4-5H2,1-3H3. The van der Waals surface area contributed by atoms with Gasteiger partial charge in [0.1, 0.15) is 12.3 Å². The first-order valence-corrected chi connectivity index (χ1v) is 5.80. The fourth-order valence-corrected chi connectivity index (χ4v) is 1.54. The lowest BCUT2D eigenvalue weighted by molar-refractivity contribution is -0.146. The molecule has 0 amide bonds. The van der Waals surface area contributed by atoms with Crippen LogP contribution in [0, 0.1) is 5.92 Å². The lowest BCUT2D eigenvalue weighted by Crippen LogP contribution is -2.21. The summed E-state index contributed by atoms with van der Waals surface area (Å²) in [5, 5.41) is 3.23. The Labute approximate surface area is 108 Å². The van der Waals surface area contributed by atoms with Gasteiger partial charge in [0.15, 0.2) is 5.82 Å². The van der Waals surface area contributed by atoms with Gasteiger partial charge in [0.2, 0.25) is 5.89 Å². The van der Waals surface area contributed by atoms with Crippen molar-refractivity contribution in [3.63, 3.8) is 0 Å². The third-order valence-corrected chi connectivity index (χ3v) is 2.32. The second kappa shape index (κ2) is 6.03. The number of nitrogens with zero attached hydrogens (tertiary/aromatic N) is 2. The molecule has 0 saturated heterocycles. The van der Waals surface area contributed by atoms with Gasteiger partial charge in [-0.2, -0.15) is 18.2 Å². The molecule has 1 aromatic rings. The van der Waals surface area contributed by atoms with Gasteiger partial charge in [-0.1, -0.05) is 19.0 Å². The zero-order valence-corrected chi connectivity index (χ0v) is 10.8. The van der Waals surface area contributed by atoms with E-state index in [1.54, 1.807) is 20.8 Å². The molecule has 0 aliphatic heterocycles. The molecule has 8 heteroatoms. The van der Waals surface area contributed by atoms with Gasteiger partial charge in [0, 0.05) is 0 Å². The topological polar surface area (TPSA) is 65.2 Å². The second-order valence-corrected chi connectivity index (χ2v) is 4.31. The fourth-order valence-electron chi connectivity index (χ4n) is 1.54. The van der Waals surface area contributed by atoms with Crippen LogP contribution < -0.4 is 0 Å². The number of rotatable bonds is 5. The van der Waals surface area contributed by atoms with E-state index in [4.69, 9.17) is 9.26 Å². The summed E-state index contributed by atoms with van der Waals surface area (Å²) in [6, 6.07) is 0. The molecule has 0 radical (unpaired) electrons. The van der Waals surface area contributed by atoms with Crippen molar-refractivity contribution in [2.45, 2.75) is 39.3 Å². The van der Waals surface area contributed by atoms with Gasteiger partial charge in [-0.25, -0.2) is 0 Å². The van der Waals surface area contributed by atoms with Gasteiger partial charge >= 0.3 is 12.1 Å². The normalized spacial score (nSPS) is 13.6. The number of hydrogen-bond donors (Lipinski definition) is 0. The Morgan fingerprint density at radius 1 is 1.42 bits per heavy atom. The monoisotopic (exact) mass is 280 g/mol. The number of halogens is 3. The number of aromatic nitrogens is 2. The zero-order chi connectivity index (χ0) is 14.6. The minimum Gasteiger partial charge on any atom is -0.465 e. The third kappa shape index (κ3) is 4.53. The average molecular weight is 280 g/mol. The van der Waals surface area contributed by atoms with Crippen molar-refractivity contribution >= 4 is 5.97 Å². The van der Waals surface area contributed by atoms with E-state index in [1.807, 2.05) is 0 Å². The molecular weight excluding hydrogens is 265 g/mol. The highest BCUT2D eigenvalue weighted by Gasteiger charge is 2.34. The van der Waals surface area contributed by atoms with E-state index in [0.717, 1.165) is 0 Å². The van der Waals surface area contributed by atoms with Crippen molar-refractivity contribution in [1.82, 2.24) is 10.1 Å². The summed E-state index contributed by atoms with van der Waals surface area (Å²) in [6.45, 7) is 5.24. The number of carbonyl (C=O) groups is 1. The summed E-state index contributed by atoms with van der Waals surface area (Å²) in [6.07, 6.45) is -5.71. The summed E-state index contributed by atoms with van der Waals surface area (Å²) in [7, 11) is 0. The first-order chi connectivity index (χ1) is 8.74. The third-order valence-electron chi connectivity index (χ3n) is 2.32. The van der Waals surface area contributed by atoms with E-state index in [1.165, 1.54) is 0 Å². The molecule has 0 fully saturated rings. The van der Waals surface area contributed by atoms with Crippen LogP contribution in [0.5, 0.6) is 0 Å². The average Bonchev–Trinajstić information content (AvgIpc) is 2.63. The molecular formula is C11H15F3N2O3. The smallest absolute Gasteiger partial charge is 0.396 e. The predicted molar refractivity (Wildman–Crippen MR) is 58.3 cm³/mol. The number of alkyl halides is 3. The summed E-state index contributed by atoms with van der Waals surface area (Å²) in [4.78, 5) is 15.3. The van der Waals surface area contributed by atoms with Crippen molar-refractivity contribution < 1.29 is 27.2 Å². The van der Waals surface area contributed by atoms with Crippen LogP contribution in [0.1, 0.15) is 38.4 Å². The largest absolute Gasteiger partial charge is 0.465 e. The highest BCUT2D eigenvalue weighted by Crippen LogP contribution is 2.26. The van der Waals surface area contributed by atoms with E-state index >= 15 is 0 Å². The van der Waals surface area contributed by atoms with E-state index in [9.17, 15) is 18.0 Å². The van der Waals surface area contributed by atoms with Crippen molar-refractivity contribution in [3.05, 3.63) is 11.7 Å². The van der Waals surface area contributed by atoms with Gasteiger partial charge in [0.25, 0.3) is 0 Å². The van der Waals surface area contributed by atoms with Crippen molar-refractivity contribution in [1.29, 1.82) is 0 Å². The van der Waals surface area contributed by atoms with Crippen LogP contribution >= 0.6 is 0 Å². The molecule has 1 unspecified atom stereocenters. The van der Waals surface area contributed by atoms with Crippen LogP contribution in [-0.4, -0.2) is 28.9 Å². The SMILES string of the molecule is CCOC(=O)C(c1nc(CC(F)(F)F)no1)C(C)C. The van der Waals surface area contributed by atoms with E-state index < -0.39 is 30.3 Å². The van der Waals surface area contributed by atoms with Crippen molar-refractivity contribution in [2.75, 3.05) is 6.61 Å². The number of esters is 1. The minimum absolute atomic E-state index is 0.146. The van der Waals surface area contributed by atoms with Gasteiger partial charge in [0.05, 0.1) is 6.61 Å². The molecule has 0 saturated carbocycles. The van der Waals surface area contributed by atoms with Crippen molar-refractivity contribution in [3.8, 4) is 0 Å². The highest BCUT2D eigenvalue weighted by atomic mass is 19.4. The Morgan fingerprint density at radius 3 is 2.53 bits per heavy atom. The number of ether oxygens (including phenoxy) is 1. The van der Waals surface area contributed by atoms with E-state index in [-0.39, 0.29) is 18.4 Å². The van der Waals surface area contributed by atoms with Gasteiger partial charge in [-0.05, 0) is 12.8 Å². The van der Waals surface area contributed by atoms with Crippen LogP contribution in [0.25, 0.3) is 0 Å². The molecule has 0 aliphatic carbocycles. The molecule has 0 bridgehead atoms.